The minimum atomic E-state index is -0.346. The van der Waals surface area contributed by atoms with Crippen molar-refractivity contribution < 1.29 is 5.11 Å². The summed E-state index contributed by atoms with van der Waals surface area (Å²) in [6.45, 7) is 3.76. The Kier molecular flexibility index (Phi) is 6.57. The number of fused-ring (bicyclic) bond motifs is 2. The van der Waals surface area contributed by atoms with Gasteiger partial charge in [0.05, 0.1) is 5.60 Å². The van der Waals surface area contributed by atoms with Crippen molar-refractivity contribution in [2.24, 2.45) is 0 Å². The molecule has 2 atom stereocenters. The van der Waals surface area contributed by atoms with E-state index >= 15 is 0 Å². The zero-order valence-corrected chi connectivity index (χ0v) is 13.1. The smallest absolute Gasteiger partial charge is 0.0677 e. The average Bonchev–Trinajstić information content (AvgIpc) is 2.77. The van der Waals surface area contributed by atoms with Gasteiger partial charge < -0.3 is 10.4 Å². The van der Waals surface area contributed by atoms with Crippen molar-refractivity contribution in [1.29, 1.82) is 0 Å². The van der Waals surface area contributed by atoms with Gasteiger partial charge in [0.15, 0.2) is 0 Å². The van der Waals surface area contributed by atoms with Gasteiger partial charge in [-0.05, 0) is 44.9 Å². The number of hydrogen-bond donors (Lipinski definition) is 2. The van der Waals surface area contributed by atoms with Gasteiger partial charge in [-0.1, -0.05) is 44.6 Å². The summed E-state index contributed by atoms with van der Waals surface area (Å²) in [6.07, 6.45) is 18.0. The summed E-state index contributed by atoms with van der Waals surface area (Å²) in [7, 11) is 0. The van der Waals surface area contributed by atoms with Gasteiger partial charge in [0, 0.05) is 12.1 Å². The third-order valence-corrected chi connectivity index (χ3v) is 5.14. The molecule has 0 radical (unpaired) electrons. The third kappa shape index (κ3) is 5.21. The first-order valence-electron chi connectivity index (χ1n) is 8.81. The average molecular weight is 279 g/mol. The van der Waals surface area contributed by atoms with E-state index in [4.69, 9.17) is 0 Å². The van der Waals surface area contributed by atoms with Crippen LogP contribution in [0.5, 0.6) is 0 Å². The lowest BCUT2D eigenvalue weighted by atomic mass is 9.83. The molecule has 0 aliphatic carbocycles. The highest BCUT2D eigenvalue weighted by Crippen LogP contribution is 2.37. The van der Waals surface area contributed by atoms with Gasteiger partial charge in [-0.15, -0.1) is 6.58 Å². The third-order valence-electron chi connectivity index (χ3n) is 5.14. The molecule has 0 aromatic rings. The molecule has 2 saturated heterocycles. The molecule has 0 spiro atoms. The van der Waals surface area contributed by atoms with Crippen molar-refractivity contribution >= 4 is 0 Å². The van der Waals surface area contributed by atoms with Crippen molar-refractivity contribution in [2.45, 2.75) is 101 Å². The molecule has 2 unspecified atom stereocenters. The van der Waals surface area contributed by atoms with Crippen molar-refractivity contribution in [3.05, 3.63) is 12.7 Å². The number of nitrogens with one attached hydrogen (secondary N) is 1. The molecule has 0 aromatic heterocycles. The summed E-state index contributed by atoms with van der Waals surface area (Å²) in [5.74, 6) is 0. The van der Waals surface area contributed by atoms with Crippen molar-refractivity contribution in [3.8, 4) is 0 Å². The molecule has 20 heavy (non-hydrogen) atoms. The molecule has 2 fully saturated rings. The van der Waals surface area contributed by atoms with Gasteiger partial charge in [-0.3, -0.25) is 0 Å². The number of hydrogen-bond acceptors (Lipinski definition) is 2. The highest BCUT2D eigenvalue weighted by atomic mass is 16.3. The monoisotopic (exact) mass is 279 g/mol. The predicted octanol–water partition coefficient (Wildman–Crippen LogP) is 4.33. The van der Waals surface area contributed by atoms with E-state index in [2.05, 4.69) is 11.9 Å². The van der Waals surface area contributed by atoms with Crippen LogP contribution in [0.25, 0.3) is 0 Å². The maximum Gasteiger partial charge on any atom is 0.0677 e. The number of piperidine rings is 1. The molecule has 2 N–H and O–H groups in total. The quantitative estimate of drug-likeness (QED) is 0.461. The first kappa shape index (κ1) is 16.0. The first-order chi connectivity index (χ1) is 9.72. The second kappa shape index (κ2) is 8.19. The maximum absolute atomic E-state index is 10.7. The SMILES string of the molecule is C=CCCCCCCCCCC1(O)CC2CCC(C1)N2. The van der Waals surface area contributed by atoms with Gasteiger partial charge in [-0.2, -0.15) is 0 Å². The fourth-order valence-corrected chi connectivity index (χ4v) is 4.06. The highest BCUT2D eigenvalue weighted by Gasteiger charge is 2.41. The Morgan fingerprint density at radius 1 is 0.950 bits per heavy atom. The molecule has 2 heterocycles. The van der Waals surface area contributed by atoms with Crippen LogP contribution in [0.2, 0.25) is 0 Å². The molecule has 0 amide bonds. The lowest BCUT2D eigenvalue weighted by Crippen LogP contribution is -2.48. The fourth-order valence-electron chi connectivity index (χ4n) is 4.06. The summed E-state index contributed by atoms with van der Waals surface area (Å²) >= 11 is 0. The standard InChI is InChI=1S/C18H33NO/c1-2-3-4-5-6-7-8-9-10-13-18(20)14-16-11-12-17(15-18)19-16/h2,16-17,19-20H,1,3-15H2. The van der Waals surface area contributed by atoms with E-state index in [1.165, 1.54) is 64.2 Å². The lowest BCUT2D eigenvalue weighted by Gasteiger charge is -2.37. The lowest BCUT2D eigenvalue weighted by molar-refractivity contribution is -0.0159. The van der Waals surface area contributed by atoms with E-state index < -0.39 is 0 Å². The summed E-state index contributed by atoms with van der Waals surface area (Å²) in [4.78, 5) is 0. The molecule has 2 aliphatic heterocycles. The fraction of sp³-hybridized carbons (Fsp3) is 0.889. The van der Waals surface area contributed by atoms with Crippen molar-refractivity contribution in [2.75, 3.05) is 0 Å². The maximum atomic E-state index is 10.7. The van der Waals surface area contributed by atoms with Crippen molar-refractivity contribution in [1.82, 2.24) is 5.32 Å². The normalized spacial score (nSPS) is 32.5. The first-order valence-corrected chi connectivity index (χ1v) is 8.81. The van der Waals surface area contributed by atoms with Crippen LogP contribution in [0.4, 0.5) is 0 Å². The number of aliphatic hydroxyl groups is 1. The summed E-state index contributed by atoms with van der Waals surface area (Å²) in [6, 6.07) is 1.20. The summed E-state index contributed by atoms with van der Waals surface area (Å²) in [5.41, 5.74) is -0.346. The molecular formula is C18H33NO. The Bertz CT molecular complexity index is 277. The van der Waals surface area contributed by atoms with Crippen LogP contribution in [0.1, 0.15) is 83.5 Å². The second-order valence-electron chi connectivity index (χ2n) is 7.07. The molecule has 2 heteroatoms. The van der Waals surface area contributed by atoms with E-state index in [0.29, 0.717) is 12.1 Å². The van der Waals surface area contributed by atoms with E-state index in [0.717, 1.165) is 19.3 Å². The topological polar surface area (TPSA) is 32.3 Å². The molecule has 2 rings (SSSR count). The predicted molar refractivity (Wildman–Crippen MR) is 85.9 cm³/mol. The Labute approximate surface area is 125 Å². The minimum absolute atomic E-state index is 0.346. The Morgan fingerprint density at radius 2 is 1.50 bits per heavy atom. The Hall–Kier alpha value is -0.340. The minimum Gasteiger partial charge on any atom is -0.390 e. The van der Waals surface area contributed by atoms with Crippen LogP contribution in [-0.4, -0.2) is 22.8 Å². The Morgan fingerprint density at radius 3 is 2.10 bits per heavy atom. The van der Waals surface area contributed by atoms with E-state index in [9.17, 15) is 5.11 Å². The molecule has 0 aromatic carbocycles. The molecule has 2 bridgehead atoms. The second-order valence-corrected chi connectivity index (χ2v) is 7.07. The summed E-state index contributed by atoms with van der Waals surface area (Å²) in [5, 5.41) is 14.3. The van der Waals surface area contributed by atoms with E-state index in [-0.39, 0.29) is 5.60 Å². The van der Waals surface area contributed by atoms with Gasteiger partial charge >= 0.3 is 0 Å². The van der Waals surface area contributed by atoms with Crippen LogP contribution in [0.3, 0.4) is 0 Å². The number of allylic oxidation sites excluding steroid dienone is 1. The van der Waals surface area contributed by atoms with E-state index in [1.807, 2.05) is 6.08 Å². The molecule has 0 saturated carbocycles. The number of rotatable bonds is 10. The van der Waals surface area contributed by atoms with E-state index in [1.54, 1.807) is 0 Å². The van der Waals surface area contributed by atoms with Gasteiger partial charge in [0.2, 0.25) is 0 Å². The summed E-state index contributed by atoms with van der Waals surface area (Å²) < 4.78 is 0. The van der Waals surface area contributed by atoms with Crippen LogP contribution < -0.4 is 5.32 Å². The van der Waals surface area contributed by atoms with Gasteiger partial charge in [0.25, 0.3) is 0 Å². The molecule has 116 valence electrons. The molecular weight excluding hydrogens is 246 g/mol. The van der Waals surface area contributed by atoms with Crippen molar-refractivity contribution in [3.63, 3.8) is 0 Å². The zero-order valence-electron chi connectivity index (χ0n) is 13.1. The van der Waals surface area contributed by atoms with Gasteiger partial charge in [0.1, 0.15) is 0 Å². The number of unbranched alkanes of at least 4 members (excludes halogenated alkanes) is 7. The Balaban J connectivity index is 1.47. The highest BCUT2D eigenvalue weighted by molar-refractivity contribution is 4.99. The largest absolute Gasteiger partial charge is 0.390 e. The molecule has 2 aliphatic rings. The van der Waals surface area contributed by atoms with Crippen LogP contribution in [-0.2, 0) is 0 Å². The van der Waals surface area contributed by atoms with Crippen LogP contribution in [0, 0.1) is 0 Å². The zero-order chi connectivity index (χ0) is 14.3. The van der Waals surface area contributed by atoms with Crippen LogP contribution >= 0.6 is 0 Å². The van der Waals surface area contributed by atoms with Gasteiger partial charge in [-0.25, -0.2) is 0 Å². The molecule has 2 nitrogen and oxygen atoms in total. The van der Waals surface area contributed by atoms with Crippen LogP contribution in [0.15, 0.2) is 12.7 Å².